The van der Waals surface area contributed by atoms with Crippen molar-refractivity contribution in [3.63, 3.8) is 0 Å². The molecule has 132 valence electrons. The number of urea groups is 1. The molecule has 1 fully saturated rings. The number of nitrogens with one attached hydrogen (secondary N) is 2. The Hall–Kier alpha value is -2.38. The lowest BCUT2D eigenvalue weighted by Crippen LogP contribution is -2.38. The number of aromatic amines is 1. The van der Waals surface area contributed by atoms with Crippen LogP contribution in [0.3, 0.4) is 0 Å². The lowest BCUT2D eigenvalue weighted by atomic mass is 10.1. The van der Waals surface area contributed by atoms with Gasteiger partial charge in [0, 0.05) is 25.8 Å². The van der Waals surface area contributed by atoms with Crippen LogP contribution in [0.2, 0.25) is 0 Å². The summed E-state index contributed by atoms with van der Waals surface area (Å²) in [4.78, 5) is 39.0. The number of H-pyrrole nitrogens is 1. The molecule has 8 heteroatoms. The molecule has 0 saturated carbocycles. The topological polar surface area (TPSA) is 98.4 Å². The normalized spacial score (nSPS) is 17.3. The maximum atomic E-state index is 12.3. The van der Waals surface area contributed by atoms with Crippen LogP contribution in [-0.4, -0.2) is 64.0 Å². The zero-order chi connectivity index (χ0) is 17.9. The molecular weight excluding hydrogens is 310 g/mol. The lowest BCUT2D eigenvalue weighted by molar-refractivity contribution is -0.134. The second kappa shape index (κ2) is 7.46. The minimum Gasteiger partial charge on any atom is -0.345 e. The number of hydrogen-bond donors (Lipinski definition) is 2. The molecule has 24 heavy (non-hydrogen) atoms. The molecule has 0 bridgehead atoms. The highest BCUT2D eigenvalue weighted by atomic mass is 16.2. The zero-order valence-corrected chi connectivity index (χ0v) is 14.7. The first-order chi connectivity index (χ1) is 11.3. The highest BCUT2D eigenvalue weighted by molar-refractivity contribution is 6.05. The van der Waals surface area contributed by atoms with E-state index in [4.69, 9.17) is 0 Å². The Balaban J connectivity index is 1.88. The first-order valence-electron chi connectivity index (χ1n) is 8.21. The average Bonchev–Trinajstić information content (AvgIpc) is 2.99. The fourth-order valence-corrected chi connectivity index (χ4v) is 2.83. The van der Waals surface area contributed by atoms with Crippen molar-refractivity contribution in [2.24, 2.45) is 0 Å². The van der Waals surface area contributed by atoms with Crippen LogP contribution < -0.4 is 5.32 Å². The molecule has 8 nitrogen and oxygen atoms in total. The van der Waals surface area contributed by atoms with Gasteiger partial charge < -0.3 is 10.2 Å². The monoisotopic (exact) mass is 335 g/mol. The van der Waals surface area contributed by atoms with Crippen molar-refractivity contribution in [2.45, 2.75) is 46.1 Å². The number of nitrogens with zero attached hydrogens (tertiary/aromatic N) is 3. The molecular formula is C16H25N5O3. The van der Waals surface area contributed by atoms with Gasteiger partial charge in [0.2, 0.25) is 5.91 Å². The van der Waals surface area contributed by atoms with E-state index in [-0.39, 0.29) is 18.2 Å². The Labute approximate surface area is 141 Å². The van der Waals surface area contributed by atoms with E-state index in [0.717, 1.165) is 17.0 Å². The molecule has 1 aliphatic rings. The first-order valence-corrected chi connectivity index (χ1v) is 8.21. The van der Waals surface area contributed by atoms with Gasteiger partial charge in [0.15, 0.2) is 0 Å². The summed E-state index contributed by atoms with van der Waals surface area (Å²) in [6.45, 7) is 6.69. The number of carbonyl (C=O) groups is 3. The van der Waals surface area contributed by atoms with E-state index >= 15 is 0 Å². The summed E-state index contributed by atoms with van der Waals surface area (Å²) in [5.74, 6) is -0.476. The van der Waals surface area contributed by atoms with Gasteiger partial charge in [-0.1, -0.05) is 6.92 Å². The van der Waals surface area contributed by atoms with Crippen LogP contribution >= 0.6 is 0 Å². The van der Waals surface area contributed by atoms with Gasteiger partial charge >= 0.3 is 6.03 Å². The Kier molecular flexibility index (Phi) is 5.58. The molecule has 4 amide bonds. The number of likely N-dealkylation sites (N-methyl/N-ethyl adjacent to an activating group) is 1. The van der Waals surface area contributed by atoms with Crippen LogP contribution in [0.25, 0.3) is 0 Å². The average molecular weight is 335 g/mol. The second-order valence-corrected chi connectivity index (χ2v) is 6.17. The van der Waals surface area contributed by atoms with Gasteiger partial charge in [-0.05, 0) is 32.3 Å². The van der Waals surface area contributed by atoms with Crippen molar-refractivity contribution in [1.29, 1.82) is 0 Å². The highest BCUT2D eigenvalue weighted by Crippen LogP contribution is 2.13. The largest absolute Gasteiger partial charge is 0.345 e. The van der Waals surface area contributed by atoms with Gasteiger partial charge in [-0.2, -0.15) is 5.10 Å². The Bertz CT molecular complexity index is 620. The van der Waals surface area contributed by atoms with Crippen LogP contribution in [0.15, 0.2) is 0 Å². The van der Waals surface area contributed by atoms with Gasteiger partial charge in [0.25, 0.3) is 5.91 Å². The fraction of sp³-hybridized carbons (Fsp3) is 0.625. The van der Waals surface area contributed by atoms with Crippen molar-refractivity contribution in [3.05, 3.63) is 17.0 Å². The standard InChI is InChI=1S/C16H25N5O3/c1-5-7-21-15(23)13(17-16(21)24)9-14(22)20(4)8-6-12-10(2)18-19-11(12)3/h13H,5-9H2,1-4H3,(H,17,24)(H,18,19)/t13-/m1/s1. The van der Waals surface area contributed by atoms with Crippen LogP contribution in [0.5, 0.6) is 0 Å². The quantitative estimate of drug-likeness (QED) is 0.718. The summed E-state index contributed by atoms with van der Waals surface area (Å²) >= 11 is 0. The van der Waals surface area contributed by atoms with Gasteiger partial charge in [0.1, 0.15) is 6.04 Å². The van der Waals surface area contributed by atoms with Crippen molar-refractivity contribution < 1.29 is 14.4 Å². The SMILES string of the molecule is CCCN1C(=O)N[C@H](CC(=O)N(C)CCc2c(C)n[nH]c2C)C1=O. The van der Waals surface area contributed by atoms with E-state index in [9.17, 15) is 14.4 Å². The molecule has 0 radical (unpaired) electrons. The third kappa shape index (κ3) is 3.74. The molecule has 1 saturated heterocycles. The van der Waals surface area contributed by atoms with Crippen LogP contribution in [0, 0.1) is 13.8 Å². The van der Waals surface area contributed by atoms with E-state index < -0.39 is 12.1 Å². The van der Waals surface area contributed by atoms with E-state index in [0.29, 0.717) is 25.9 Å². The predicted molar refractivity (Wildman–Crippen MR) is 88.3 cm³/mol. The molecule has 0 unspecified atom stereocenters. The number of aryl methyl sites for hydroxylation is 2. The number of hydrogen-bond acceptors (Lipinski definition) is 4. The van der Waals surface area contributed by atoms with Crippen molar-refractivity contribution in [2.75, 3.05) is 20.1 Å². The number of rotatable bonds is 7. The summed E-state index contributed by atoms with van der Waals surface area (Å²) in [6, 6.07) is -1.16. The minimum atomic E-state index is -0.753. The van der Waals surface area contributed by atoms with Crippen LogP contribution in [0.1, 0.15) is 36.7 Å². The van der Waals surface area contributed by atoms with Crippen molar-refractivity contribution in [3.8, 4) is 0 Å². The van der Waals surface area contributed by atoms with Crippen LogP contribution in [0.4, 0.5) is 4.79 Å². The number of amides is 4. The second-order valence-electron chi connectivity index (χ2n) is 6.17. The smallest absolute Gasteiger partial charge is 0.324 e. The third-order valence-electron chi connectivity index (χ3n) is 4.34. The number of aromatic nitrogens is 2. The molecule has 1 aromatic heterocycles. The van der Waals surface area contributed by atoms with Gasteiger partial charge in [-0.15, -0.1) is 0 Å². The maximum Gasteiger partial charge on any atom is 0.324 e. The van der Waals surface area contributed by atoms with Gasteiger partial charge in [0.05, 0.1) is 12.1 Å². The van der Waals surface area contributed by atoms with E-state index in [1.165, 1.54) is 4.90 Å². The predicted octanol–water partition coefficient (Wildman–Crippen LogP) is 0.748. The molecule has 1 atom stereocenters. The maximum absolute atomic E-state index is 12.3. The fourth-order valence-electron chi connectivity index (χ4n) is 2.83. The summed E-state index contributed by atoms with van der Waals surface area (Å²) in [7, 11) is 1.71. The van der Waals surface area contributed by atoms with E-state index in [1.54, 1.807) is 11.9 Å². The van der Waals surface area contributed by atoms with E-state index in [1.807, 2.05) is 20.8 Å². The Morgan fingerprint density at radius 3 is 2.62 bits per heavy atom. The number of carbonyl (C=O) groups excluding carboxylic acids is 3. The molecule has 0 aromatic carbocycles. The summed E-state index contributed by atoms with van der Waals surface area (Å²) in [5, 5.41) is 9.65. The zero-order valence-electron chi connectivity index (χ0n) is 14.7. The molecule has 1 aliphatic heterocycles. The number of imide groups is 1. The molecule has 2 rings (SSSR count). The van der Waals surface area contributed by atoms with Gasteiger partial charge in [-0.3, -0.25) is 19.6 Å². The third-order valence-corrected chi connectivity index (χ3v) is 4.34. The summed E-state index contributed by atoms with van der Waals surface area (Å²) in [5.41, 5.74) is 3.04. The molecule has 2 N–H and O–H groups in total. The molecule has 0 spiro atoms. The molecule has 0 aliphatic carbocycles. The van der Waals surface area contributed by atoms with E-state index in [2.05, 4.69) is 15.5 Å². The van der Waals surface area contributed by atoms with Crippen molar-refractivity contribution in [1.82, 2.24) is 25.3 Å². The molecule has 1 aromatic rings. The minimum absolute atomic E-state index is 0.00929. The van der Waals surface area contributed by atoms with Gasteiger partial charge in [-0.25, -0.2) is 4.79 Å². The Morgan fingerprint density at radius 2 is 2.04 bits per heavy atom. The Morgan fingerprint density at radius 1 is 1.33 bits per heavy atom. The molecule has 2 heterocycles. The summed E-state index contributed by atoms with van der Waals surface area (Å²) < 4.78 is 0. The first kappa shape index (κ1) is 18.0. The highest BCUT2D eigenvalue weighted by Gasteiger charge is 2.38. The van der Waals surface area contributed by atoms with Crippen molar-refractivity contribution >= 4 is 17.8 Å². The summed E-state index contributed by atoms with van der Waals surface area (Å²) in [6.07, 6.45) is 1.39. The van der Waals surface area contributed by atoms with Crippen LogP contribution in [-0.2, 0) is 16.0 Å². The lowest BCUT2D eigenvalue weighted by Gasteiger charge is -2.19.